The van der Waals surface area contributed by atoms with Crippen molar-refractivity contribution in [1.82, 2.24) is 4.90 Å². The van der Waals surface area contributed by atoms with Gasteiger partial charge >= 0.3 is 0 Å². The maximum atomic E-state index is 11.9. The summed E-state index contributed by atoms with van der Waals surface area (Å²) in [5, 5.41) is 18.1. The molecule has 104 valence electrons. The van der Waals surface area contributed by atoms with Crippen LogP contribution < -0.4 is 0 Å². The smallest absolute Gasteiger partial charge is 0.246 e. The molecule has 0 aliphatic rings. The summed E-state index contributed by atoms with van der Waals surface area (Å²) in [5.74, 6) is 0.00431. The van der Waals surface area contributed by atoms with Crippen molar-refractivity contribution >= 4 is 12.0 Å². The second kappa shape index (κ2) is 8.29. The van der Waals surface area contributed by atoms with Gasteiger partial charge in [0.15, 0.2) is 0 Å². The molecule has 1 aromatic rings. The number of carbonyl (C=O) groups is 1. The third-order valence-electron chi connectivity index (χ3n) is 2.56. The van der Waals surface area contributed by atoms with E-state index < -0.39 is 0 Å². The lowest BCUT2D eigenvalue weighted by molar-refractivity contribution is -0.127. The Morgan fingerprint density at radius 3 is 2.58 bits per heavy atom. The summed E-state index contributed by atoms with van der Waals surface area (Å²) >= 11 is 0. The molecule has 0 aliphatic heterocycles. The molecule has 5 heteroatoms. The minimum absolute atomic E-state index is 0.0808. The Hall–Kier alpha value is -1.85. The molecular formula is C14H19NO4. The summed E-state index contributed by atoms with van der Waals surface area (Å²) in [7, 11) is 1.56. The lowest BCUT2D eigenvalue weighted by atomic mass is 10.2. The van der Waals surface area contributed by atoms with Crippen LogP contribution in [0.4, 0.5) is 0 Å². The van der Waals surface area contributed by atoms with E-state index in [1.54, 1.807) is 37.5 Å². The summed E-state index contributed by atoms with van der Waals surface area (Å²) < 4.78 is 4.92. The fourth-order valence-electron chi connectivity index (χ4n) is 1.51. The van der Waals surface area contributed by atoms with Gasteiger partial charge < -0.3 is 19.8 Å². The Bertz CT molecular complexity index is 414. The molecule has 1 aromatic carbocycles. The predicted octanol–water partition coefficient (Wildman–Crippen LogP) is 0.873. The Kier molecular flexibility index (Phi) is 6.63. The summed E-state index contributed by atoms with van der Waals surface area (Å²) in [6.07, 6.45) is 3.11. The van der Waals surface area contributed by atoms with Crippen molar-refractivity contribution in [3.8, 4) is 5.75 Å². The van der Waals surface area contributed by atoms with Crippen LogP contribution in [-0.4, -0.2) is 54.4 Å². The van der Waals surface area contributed by atoms with Crippen molar-refractivity contribution in [2.45, 2.75) is 0 Å². The molecule has 0 heterocycles. The number of benzene rings is 1. The molecule has 1 rings (SSSR count). The second-order valence-electron chi connectivity index (χ2n) is 3.97. The van der Waals surface area contributed by atoms with E-state index in [1.165, 1.54) is 11.0 Å². The number of aromatic hydroxyl groups is 1. The quantitative estimate of drug-likeness (QED) is 0.718. The number of aliphatic hydroxyl groups is 1. The minimum atomic E-state index is -0.181. The number of carbonyl (C=O) groups excluding carboxylic acids is 1. The number of amides is 1. The molecule has 2 N–H and O–H groups in total. The van der Waals surface area contributed by atoms with E-state index in [0.29, 0.717) is 13.2 Å². The molecule has 1 amide bonds. The van der Waals surface area contributed by atoms with Crippen molar-refractivity contribution in [2.75, 3.05) is 33.4 Å². The van der Waals surface area contributed by atoms with E-state index in [9.17, 15) is 4.79 Å². The van der Waals surface area contributed by atoms with E-state index in [1.807, 2.05) is 0 Å². The zero-order valence-electron chi connectivity index (χ0n) is 11.0. The average molecular weight is 265 g/mol. The number of hydrogen-bond acceptors (Lipinski definition) is 4. The van der Waals surface area contributed by atoms with Gasteiger partial charge in [-0.15, -0.1) is 0 Å². The van der Waals surface area contributed by atoms with Gasteiger partial charge in [-0.05, 0) is 23.8 Å². The standard InChI is InChI=1S/C14H19NO4/c1-19-11-9-15(8-10-16)14(18)7-4-12-2-5-13(17)6-3-12/h2-7,16-17H,8-11H2,1H3/b7-4+. The summed E-state index contributed by atoms with van der Waals surface area (Å²) in [6, 6.07) is 6.54. The number of nitrogens with zero attached hydrogens (tertiary/aromatic N) is 1. The van der Waals surface area contributed by atoms with Crippen molar-refractivity contribution in [1.29, 1.82) is 0 Å². The highest BCUT2D eigenvalue weighted by atomic mass is 16.5. The first kappa shape index (κ1) is 15.2. The van der Waals surface area contributed by atoms with E-state index >= 15 is 0 Å². The normalized spacial score (nSPS) is 10.8. The van der Waals surface area contributed by atoms with Gasteiger partial charge in [-0.2, -0.15) is 0 Å². The molecule has 0 spiro atoms. The Labute approximate surface area is 112 Å². The van der Waals surface area contributed by atoms with Gasteiger partial charge in [-0.3, -0.25) is 4.79 Å². The minimum Gasteiger partial charge on any atom is -0.508 e. The molecule has 19 heavy (non-hydrogen) atoms. The summed E-state index contributed by atoms with van der Waals surface area (Å²) in [6.45, 7) is 1.07. The molecule has 5 nitrogen and oxygen atoms in total. The highest BCUT2D eigenvalue weighted by molar-refractivity contribution is 5.91. The van der Waals surface area contributed by atoms with Crippen molar-refractivity contribution in [3.05, 3.63) is 35.9 Å². The number of ether oxygens (including phenoxy) is 1. The molecular weight excluding hydrogens is 246 g/mol. The van der Waals surface area contributed by atoms with Crippen LogP contribution in [0, 0.1) is 0 Å². The van der Waals surface area contributed by atoms with Gasteiger partial charge in [0.25, 0.3) is 0 Å². The lowest BCUT2D eigenvalue weighted by Crippen LogP contribution is -2.34. The van der Waals surface area contributed by atoms with Crippen LogP contribution in [0.1, 0.15) is 5.56 Å². The molecule has 0 bridgehead atoms. The average Bonchev–Trinajstić information content (AvgIpc) is 2.42. The number of phenols is 1. The van der Waals surface area contributed by atoms with Crippen LogP contribution in [0.15, 0.2) is 30.3 Å². The number of phenolic OH excluding ortho intramolecular Hbond substituents is 1. The Balaban J connectivity index is 2.61. The van der Waals surface area contributed by atoms with Gasteiger partial charge in [-0.25, -0.2) is 0 Å². The van der Waals surface area contributed by atoms with Gasteiger partial charge in [0.2, 0.25) is 5.91 Å². The van der Waals surface area contributed by atoms with Crippen LogP contribution in [-0.2, 0) is 9.53 Å². The molecule has 0 aromatic heterocycles. The highest BCUT2D eigenvalue weighted by Gasteiger charge is 2.08. The van der Waals surface area contributed by atoms with E-state index in [0.717, 1.165) is 5.56 Å². The lowest BCUT2D eigenvalue weighted by Gasteiger charge is -2.19. The molecule has 0 atom stereocenters. The summed E-state index contributed by atoms with van der Waals surface area (Å²) in [4.78, 5) is 13.4. The van der Waals surface area contributed by atoms with Crippen LogP contribution in [0.3, 0.4) is 0 Å². The molecule has 0 saturated carbocycles. The predicted molar refractivity (Wildman–Crippen MR) is 72.7 cm³/mol. The fourth-order valence-corrected chi connectivity index (χ4v) is 1.51. The molecule has 0 unspecified atom stereocenters. The Morgan fingerprint density at radius 2 is 2.00 bits per heavy atom. The number of rotatable bonds is 7. The highest BCUT2D eigenvalue weighted by Crippen LogP contribution is 2.10. The molecule has 0 radical (unpaired) electrons. The zero-order chi connectivity index (χ0) is 14.1. The van der Waals surface area contributed by atoms with Gasteiger partial charge in [0.1, 0.15) is 5.75 Å². The maximum absolute atomic E-state index is 11.9. The zero-order valence-corrected chi connectivity index (χ0v) is 11.0. The van der Waals surface area contributed by atoms with Crippen LogP contribution >= 0.6 is 0 Å². The van der Waals surface area contributed by atoms with Crippen LogP contribution in [0.5, 0.6) is 5.75 Å². The van der Waals surface area contributed by atoms with Crippen LogP contribution in [0.2, 0.25) is 0 Å². The van der Waals surface area contributed by atoms with Crippen molar-refractivity contribution < 1.29 is 19.7 Å². The number of aliphatic hydroxyl groups excluding tert-OH is 1. The topological polar surface area (TPSA) is 70.0 Å². The SMILES string of the molecule is COCCN(CCO)C(=O)/C=C/c1ccc(O)cc1. The van der Waals surface area contributed by atoms with E-state index in [2.05, 4.69) is 0 Å². The summed E-state index contributed by atoms with van der Waals surface area (Å²) in [5.41, 5.74) is 0.821. The largest absolute Gasteiger partial charge is 0.508 e. The monoisotopic (exact) mass is 265 g/mol. The Morgan fingerprint density at radius 1 is 1.32 bits per heavy atom. The van der Waals surface area contributed by atoms with Crippen molar-refractivity contribution in [2.24, 2.45) is 0 Å². The van der Waals surface area contributed by atoms with Crippen LogP contribution in [0.25, 0.3) is 6.08 Å². The van der Waals surface area contributed by atoms with Gasteiger partial charge in [0, 0.05) is 26.3 Å². The first-order chi connectivity index (χ1) is 9.17. The molecule has 0 saturated heterocycles. The first-order valence-corrected chi connectivity index (χ1v) is 6.03. The second-order valence-corrected chi connectivity index (χ2v) is 3.97. The third kappa shape index (κ3) is 5.54. The van der Waals surface area contributed by atoms with Gasteiger partial charge in [0.05, 0.1) is 13.2 Å². The van der Waals surface area contributed by atoms with E-state index in [-0.39, 0.29) is 24.8 Å². The van der Waals surface area contributed by atoms with E-state index in [4.69, 9.17) is 14.9 Å². The number of methoxy groups -OCH3 is 1. The van der Waals surface area contributed by atoms with Gasteiger partial charge in [-0.1, -0.05) is 12.1 Å². The first-order valence-electron chi connectivity index (χ1n) is 6.03. The maximum Gasteiger partial charge on any atom is 0.246 e. The fraction of sp³-hybridized carbons (Fsp3) is 0.357. The molecule has 0 fully saturated rings. The number of hydrogen-bond donors (Lipinski definition) is 2. The third-order valence-corrected chi connectivity index (χ3v) is 2.56. The molecule has 0 aliphatic carbocycles. The van der Waals surface area contributed by atoms with Crippen molar-refractivity contribution in [3.63, 3.8) is 0 Å².